The number of thiol groups is 1. The third kappa shape index (κ3) is 6.27. The number of esters is 1. The fraction of sp³-hybridized carbons (Fsp3) is 0.900. The van der Waals surface area contributed by atoms with E-state index in [9.17, 15) is 4.79 Å². The first-order valence-electron chi connectivity index (χ1n) is 5.14. The zero-order valence-electron chi connectivity index (χ0n) is 8.90. The lowest BCUT2D eigenvalue weighted by Crippen LogP contribution is -2.21. The lowest BCUT2D eigenvalue weighted by Gasteiger charge is -2.14. The van der Waals surface area contributed by atoms with Gasteiger partial charge < -0.3 is 9.84 Å². The highest BCUT2D eigenvalue weighted by Crippen LogP contribution is 2.13. The van der Waals surface area contributed by atoms with Crippen LogP contribution in [0.4, 0.5) is 0 Å². The van der Waals surface area contributed by atoms with Gasteiger partial charge >= 0.3 is 5.97 Å². The van der Waals surface area contributed by atoms with Gasteiger partial charge in [-0.2, -0.15) is 0 Å². The van der Waals surface area contributed by atoms with Gasteiger partial charge in [-0.15, -0.1) is 12.6 Å². The standard InChI is InChI=1S/C10H20O3S/c1-3-5-6-8(4-2)7-13-9(11)10(12)14/h8,10,12,14H,3-7H2,1-2H3. The van der Waals surface area contributed by atoms with E-state index in [1.54, 1.807) is 0 Å². The van der Waals surface area contributed by atoms with Gasteiger partial charge in [0.2, 0.25) is 0 Å². The Morgan fingerprint density at radius 3 is 2.57 bits per heavy atom. The van der Waals surface area contributed by atoms with Crippen molar-refractivity contribution in [2.45, 2.75) is 45.0 Å². The van der Waals surface area contributed by atoms with E-state index in [0.717, 1.165) is 25.7 Å². The Labute approximate surface area is 91.2 Å². The number of carbonyl (C=O) groups is 1. The number of hydrogen-bond acceptors (Lipinski definition) is 4. The van der Waals surface area contributed by atoms with E-state index in [0.29, 0.717) is 12.5 Å². The highest BCUT2D eigenvalue weighted by atomic mass is 32.1. The Morgan fingerprint density at radius 1 is 1.50 bits per heavy atom. The summed E-state index contributed by atoms with van der Waals surface area (Å²) in [6.45, 7) is 4.61. The number of unbranched alkanes of at least 4 members (excludes halogenated alkanes) is 1. The van der Waals surface area contributed by atoms with Crippen molar-refractivity contribution in [2.75, 3.05) is 6.61 Å². The average molecular weight is 220 g/mol. The summed E-state index contributed by atoms with van der Waals surface area (Å²) in [5, 5.41) is 8.77. The van der Waals surface area contributed by atoms with Crippen molar-refractivity contribution in [3.63, 3.8) is 0 Å². The molecule has 2 atom stereocenters. The molecule has 4 heteroatoms. The SMILES string of the molecule is CCCCC(CC)COC(=O)C(O)S. The second-order valence-corrected chi connectivity index (χ2v) is 3.91. The van der Waals surface area contributed by atoms with Crippen molar-refractivity contribution in [3.8, 4) is 0 Å². The van der Waals surface area contributed by atoms with Gasteiger partial charge in [0.05, 0.1) is 6.61 Å². The van der Waals surface area contributed by atoms with Crippen molar-refractivity contribution in [3.05, 3.63) is 0 Å². The molecule has 0 rings (SSSR count). The predicted octanol–water partition coefficient (Wildman–Crippen LogP) is 1.99. The Kier molecular flexibility index (Phi) is 7.99. The molecule has 3 nitrogen and oxygen atoms in total. The van der Waals surface area contributed by atoms with Crippen molar-refractivity contribution in [1.82, 2.24) is 0 Å². The summed E-state index contributed by atoms with van der Waals surface area (Å²) in [4.78, 5) is 10.9. The molecule has 0 fully saturated rings. The van der Waals surface area contributed by atoms with Crippen LogP contribution in [0, 0.1) is 5.92 Å². The summed E-state index contributed by atoms with van der Waals surface area (Å²) in [6, 6.07) is 0. The van der Waals surface area contributed by atoms with E-state index < -0.39 is 11.4 Å². The molecular weight excluding hydrogens is 200 g/mol. The molecule has 0 aliphatic carbocycles. The number of hydrogen-bond donors (Lipinski definition) is 2. The van der Waals surface area contributed by atoms with E-state index in [2.05, 4.69) is 26.5 Å². The molecule has 0 amide bonds. The third-order valence-electron chi connectivity index (χ3n) is 2.22. The molecule has 0 aromatic carbocycles. The molecule has 14 heavy (non-hydrogen) atoms. The highest BCUT2D eigenvalue weighted by Gasteiger charge is 2.14. The maximum atomic E-state index is 10.9. The van der Waals surface area contributed by atoms with Crippen LogP contribution in [0.25, 0.3) is 0 Å². The first-order valence-corrected chi connectivity index (χ1v) is 5.66. The number of aliphatic hydroxyl groups is 1. The molecule has 1 N–H and O–H groups in total. The zero-order valence-corrected chi connectivity index (χ0v) is 9.80. The van der Waals surface area contributed by atoms with Gasteiger partial charge in [-0.25, -0.2) is 4.79 Å². The van der Waals surface area contributed by atoms with Crippen LogP contribution in [0.1, 0.15) is 39.5 Å². The molecule has 2 unspecified atom stereocenters. The summed E-state index contributed by atoms with van der Waals surface area (Å²) >= 11 is 3.58. The summed E-state index contributed by atoms with van der Waals surface area (Å²) in [7, 11) is 0. The Morgan fingerprint density at radius 2 is 2.14 bits per heavy atom. The van der Waals surface area contributed by atoms with Crippen LogP contribution in [0.3, 0.4) is 0 Å². The lowest BCUT2D eigenvalue weighted by molar-refractivity contribution is -0.150. The second-order valence-electron chi connectivity index (χ2n) is 3.42. The molecule has 0 aliphatic rings. The van der Waals surface area contributed by atoms with Gasteiger partial charge in [0, 0.05) is 0 Å². The molecule has 0 heterocycles. The quantitative estimate of drug-likeness (QED) is 0.392. The van der Waals surface area contributed by atoms with Crippen LogP contribution >= 0.6 is 12.6 Å². The molecule has 0 aliphatic heterocycles. The Bertz CT molecular complexity index is 159. The molecule has 0 aromatic heterocycles. The molecule has 0 bridgehead atoms. The first-order chi connectivity index (χ1) is 6.61. The van der Waals surface area contributed by atoms with E-state index in [4.69, 9.17) is 9.84 Å². The van der Waals surface area contributed by atoms with E-state index in [1.807, 2.05) is 0 Å². The van der Waals surface area contributed by atoms with E-state index >= 15 is 0 Å². The molecule has 0 saturated carbocycles. The zero-order chi connectivity index (χ0) is 11.0. The predicted molar refractivity (Wildman–Crippen MR) is 59.3 cm³/mol. The molecular formula is C10H20O3S. The fourth-order valence-electron chi connectivity index (χ4n) is 1.17. The van der Waals surface area contributed by atoms with Gasteiger partial charge in [-0.05, 0) is 12.3 Å². The number of carbonyl (C=O) groups excluding carboxylic acids is 1. The molecule has 0 saturated heterocycles. The number of ether oxygens (including phenoxy) is 1. The fourth-order valence-corrected chi connectivity index (χ4v) is 1.25. The van der Waals surface area contributed by atoms with Gasteiger partial charge in [0.1, 0.15) is 0 Å². The molecule has 0 radical (unpaired) electrons. The lowest BCUT2D eigenvalue weighted by atomic mass is 10.0. The molecule has 84 valence electrons. The monoisotopic (exact) mass is 220 g/mol. The van der Waals surface area contributed by atoms with Crippen molar-refractivity contribution in [2.24, 2.45) is 5.92 Å². The average Bonchev–Trinajstić information content (AvgIpc) is 2.17. The number of rotatable bonds is 7. The van der Waals surface area contributed by atoms with Crippen LogP contribution < -0.4 is 0 Å². The minimum atomic E-state index is -1.31. The summed E-state index contributed by atoms with van der Waals surface area (Å²) in [6.07, 6.45) is 4.37. The minimum absolute atomic E-state index is 0.396. The molecule has 0 spiro atoms. The summed E-state index contributed by atoms with van der Waals surface area (Å²) in [5.41, 5.74) is -1.31. The smallest absolute Gasteiger partial charge is 0.345 e. The summed E-state index contributed by atoms with van der Waals surface area (Å²) in [5.74, 6) is -0.241. The minimum Gasteiger partial charge on any atom is -0.463 e. The van der Waals surface area contributed by atoms with Crippen LogP contribution in [0.5, 0.6) is 0 Å². The van der Waals surface area contributed by atoms with Crippen LogP contribution in [-0.4, -0.2) is 23.1 Å². The summed E-state index contributed by atoms with van der Waals surface area (Å²) < 4.78 is 4.89. The van der Waals surface area contributed by atoms with Crippen LogP contribution in [0.15, 0.2) is 0 Å². The van der Waals surface area contributed by atoms with Gasteiger partial charge in [-0.3, -0.25) is 0 Å². The second kappa shape index (κ2) is 8.12. The maximum absolute atomic E-state index is 10.9. The van der Waals surface area contributed by atoms with E-state index in [-0.39, 0.29) is 0 Å². The third-order valence-corrected chi connectivity index (χ3v) is 2.43. The van der Waals surface area contributed by atoms with Gasteiger partial charge in [-0.1, -0.05) is 33.1 Å². The van der Waals surface area contributed by atoms with Crippen molar-refractivity contribution in [1.29, 1.82) is 0 Å². The van der Waals surface area contributed by atoms with Crippen molar-refractivity contribution >= 4 is 18.6 Å². The number of aliphatic hydroxyl groups excluding tert-OH is 1. The topological polar surface area (TPSA) is 46.5 Å². The first kappa shape index (κ1) is 13.8. The van der Waals surface area contributed by atoms with Gasteiger partial charge in [0.15, 0.2) is 5.44 Å². The normalized spacial score (nSPS) is 14.9. The molecule has 0 aromatic rings. The maximum Gasteiger partial charge on any atom is 0.345 e. The van der Waals surface area contributed by atoms with Gasteiger partial charge in [0.25, 0.3) is 0 Å². The van der Waals surface area contributed by atoms with E-state index in [1.165, 1.54) is 0 Å². The van der Waals surface area contributed by atoms with Crippen molar-refractivity contribution < 1.29 is 14.6 Å². The van der Waals surface area contributed by atoms with Crippen LogP contribution in [-0.2, 0) is 9.53 Å². The Hall–Kier alpha value is -0.220. The Balaban J connectivity index is 3.66. The van der Waals surface area contributed by atoms with Crippen LogP contribution in [0.2, 0.25) is 0 Å². The highest BCUT2D eigenvalue weighted by molar-refractivity contribution is 7.81. The largest absolute Gasteiger partial charge is 0.463 e.